The Labute approximate surface area is 225 Å². The fraction of sp³-hybridized carbons (Fsp3) is 0.462. The lowest BCUT2D eigenvalue weighted by atomic mass is 10.2. The summed E-state index contributed by atoms with van der Waals surface area (Å²) >= 11 is 1.50. The maximum Gasteiger partial charge on any atom is 0.260 e. The van der Waals surface area contributed by atoms with Gasteiger partial charge in [0.1, 0.15) is 0 Å². The molecule has 198 valence electrons. The van der Waals surface area contributed by atoms with Crippen molar-refractivity contribution in [1.82, 2.24) is 14.2 Å². The Morgan fingerprint density at radius 3 is 2.25 bits per heavy atom. The number of thiazole rings is 1. The summed E-state index contributed by atoms with van der Waals surface area (Å²) in [6.45, 7) is 11.8. The van der Waals surface area contributed by atoms with Crippen LogP contribution in [0.15, 0.2) is 47.4 Å². The van der Waals surface area contributed by atoms with Crippen LogP contribution in [-0.2, 0) is 10.0 Å². The first-order valence-corrected chi connectivity index (χ1v) is 14.4. The van der Waals surface area contributed by atoms with Gasteiger partial charge in [-0.05, 0) is 68.4 Å². The number of fused-ring (bicyclic) bond motifs is 1. The fourth-order valence-electron chi connectivity index (χ4n) is 3.81. The van der Waals surface area contributed by atoms with Crippen molar-refractivity contribution in [2.24, 2.45) is 0 Å². The van der Waals surface area contributed by atoms with E-state index in [4.69, 9.17) is 4.98 Å². The molecule has 0 unspecified atom stereocenters. The molecule has 3 rings (SSSR count). The Kier molecular flexibility index (Phi) is 11.3. The molecule has 0 aliphatic heterocycles. The molecular weight excluding hydrogens is 516 g/mol. The second kappa shape index (κ2) is 13.5. The normalized spacial score (nSPS) is 11.8. The lowest BCUT2D eigenvalue weighted by Gasteiger charge is -2.25. The number of unbranched alkanes of at least 4 members (excludes halogenated alkanes) is 1. The maximum absolute atomic E-state index is 13.6. The zero-order valence-electron chi connectivity index (χ0n) is 21.7. The lowest BCUT2D eigenvalue weighted by Crippen LogP contribution is -2.38. The molecule has 0 spiro atoms. The van der Waals surface area contributed by atoms with Gasteiger partial charge in [0.25, 0.3) is 5.91 Å². The summed E-state index contributed by atoms with van der Waals surface area (Å²) in [5.41, 5.74) is 2.46. The number of likely N-dealkylation sites (N-methyl/N-ethyl adjacent to an activating group) is 1. The molecule has 1 amide bonds. The van der Waals surface area contributed by atoms with Crippen molar-refractivity contribution in [3.63, 3.8) is 0 Å². The summed E-state index contributed by atoms with van der Waals surface area (Å²) < 4.78 is 28.1. The van der Waals surface area contributed by atoms with Crippen LogP contribution in [-0.4, -0.2) is 68.3 Å². The maximum atomic E-state index is 13.6. The van der Waals surface area contributed by atoms with Gasteiger partial charge in [-0.3, -0.25) is 9.69 Å². The number of benzene rings is 2. The van der Waals surface area contributed by atoms with Gasteiger partial charge in [0.15, 0.2) is 5.13 Å². The van der Waals surface area contributed by atoms with Gasteiger partial charge >= 0.3 is 0 Å². The van der Waals surface area contributed by atoms with Gasteiger partial charge in [-0.2, -0.15) is 0 Å². The largest absolute Gasteiger partial charge is 0.302 e. The van der Waals surface area contributed by atoms with Crippen LogP contribution in [0.1, 0.15) is 49.5 Å². The first kappa shape index (κ1) is 30.2. The van der Waals surface area contributed by atoms with E-state index in [2.05, 4.69) is 24.8 Å². The molecule has 0 N–H and O–H groups in total. The molecule has 0 aliphatic rings. The molecule has 0 saturated carbocycles. The standard InChI is InChI=1S/C26H36N4O3S2.ClH/c1-6-9-16-28(5)35(32,33)22-13-11-21(12-14-22)25(31)30(18-17-29(7-2)8-3)26-27-23-15-10-20(4)19-24(23)34-26;/h10-15,19H,6-9,16-18H2,1-5H3;1H. The zero-order valence-corrected chi connectivity index (χ0v) is 24.2. The number of carbonyl (C=O) groups is 1. The number of carbonyl (C=O) groups excluding carboxylic acids is 1. The smallest absolute Gasteiger partial charge is 0.260 e. The summed E-state index contributed by atoms with van der Waals surface area (Å²) in [4.78, 5) is 22.5. The highest BCUT2D eigenvalue weighted by molar-refractivity contribution is 7.89. The highest BCUT2D eigenvalue weighted by atomic mass is 35.5. The molecule has 36 heavy (non-hydrogen) atoms. The van der Waals surface area contributed by atoms with E-state index in [-0.39, 0.29) is 23.2 Å². The van der Waals surface area contributed by atoms with Crippen LogP contribution < -0.4 is 4.90 Å². The van der Waals surface area contributed by atoms with E-state index in [0.29, 0.717) is 23.8 Å². The summed E-state index contributed by atoms with van der Waals surface area (Å²) in [7, 11) is -1.99. The number of rotatable bonds is 12. The van der Waals surface area contributed by atoms with E-state index in [9.17, 15) is 13.2 Å². The third-order valence-corrected chi connectivity index (χ3v) is 9.09. The zero-order chi connectivity index (χ0) is 25.6. The second-order valence-corrected chi connectivity index (χ2v) is 11.7. The minimum absolute atomic E-state index is 0. The molecule has 1 heterocycles. The van der Waals surface area contributed by atoms with Gasteiger partial charge in [0.2, 0.25) is 10.0 Å². The van der Waals surface area contributed by atoms with Crippen molar-refractivity contribution < 1.29 is 13.2 Å². The van der Waals surface area contributed by atoms with Crippen LogP contribution in [0.5, 0.6) is 0 Å². The predicted octanol–water partition coefficient (Wildman–Crippen LogP) is 5.44. The Bertz CT molecular complexity index is 1240. The Balaban J connectivity index is 0.00000456. The van der Waals surface area contributed by atoms with E-state index < -0.39 is 10.0 Å². The fourth-order valence-corrected chi connectivity index (χ4v) is 6.10. The SMILES string of the molecule is CCCCN(C)S(=O)(=O)c1ccc(C(=O)N(CCN(CC)CC)c2nc3ccc(C)cc3s2)cc1.Cl. The first-order chi connectivity index (χ1) is 16.7. The highest BCUT2D eigenvalue weighted by Crippen LogP contribution is 2.30. The number of aryl methyl sites for hydroxylation is 1. The summed E-state index contributed by atoms with van der Waals surface area (Å²) in [6, 6.07) is 12.3. The van der Waals surface area contributed by atoms with E-state index in [0.717, 1.165) is 48.3 Å². The quantitative estimate of drug-likeness (QED) is 0.299. The highest BCUT2D eigenvalue weighted by Gasteiger charge is 2.24. The van der Waals surface area contributed by atoms with E-state index >= 15 is 0 Å². The van der Waals surface area contributed by atoms with Crippen LogP contribution in [0.2, 0.25) is 0 Å². The molecule has 0 radical (unpaired) electrons. The number of halogens is 1. The van der Waals surface area contributed by atoms with Gasteiger partial charge in [0.05, 0.1) is 15.1 Å². The molecule has 0 bridgehead atoms. The number of sulfonamides is 1. The minimum Gasteiger partial charge on any atom is -0.302 e. The molecule has 0 atom stereocenters. The van der Waals surface area contributed by atoms with Crippen LogP contribution in [0.3, 0.4) is 0 Å². The first-order valence-electron chi connectivity index (χ1n) is 12.2. The van der Waals surface area contributed by atoms with E-state index in [1.165, 1.54) is 27.8 Å². The summed E-state index contributed by atoms with van der Waals surface area (Å²) in [5, 5.41) is 0.652. The Hall–Kier alpha value is -2.04. The van der Waals surface area contributed by atoms with Gasteiger partial charge in [-0.1, -0.05) is 44.6 Å². The van der Waals surface area contributed by atoms with Crippen molar-refractivity contribution in [1.29, 1.82) is 0 Å². The lowest BCUT2D eigenvalue weighted by molar-refractivity contribution is 0.0983. The number of amides is 1. The van der Waals surface area contributed by atoms with Crippen molar-refractivity contribution in [2.45, 2.75) is 45.4 Å². The average Bonchev–Trinajstić information content (AvgIpc) is 3.27. The Morgan fingerprint density at radius 2 is 1.64 bits per heavy atom. The average molecular weight is 553 g/mol. The Morgan fingerprint density at radius 1 is 0.972 bits per heavy atom. The topological polar surface area (TPSA) is 73.8 Å². The van der Waals surface area contributed by atoms with Crippen LogP contribution >= 0.6 is 23.7 Å². The summed E-state index contributed by atoms with van der Waals surface area (Å²) in [6.07, 6.45) is 1.72. The van der Waals surface area contributed by atoms with Gasteiger partial charge in [-0.15, -0.1) is 12.4 Å². The molecular formula is C26H37ClN4O3S2. The van der Waals surface area contributed by atoms with Crippen molar-refractivity contribution in [2.75, 3.05) is 44.7 Å². The predicted molar refractivity (Wildman–Crippen MR) is 152 cm³/mol. The molecule has 0 fully saturated rings. The monoisotopic (exact) mass is 552 g/mol. The van der Waals surface area contributed by atoms with Gasteiger partial charge in [0, 0.05) is 32.2 Å². The van der Waals surface area contributed by atoms with Crippen molar-refractivity contribution in [3.8, 4) is 0 Å². The third-order valence-electron chi connectivity index (χ3n) is 6.18. The van der Waals surface area contributed by atoms with Crippen LogP contribution in [0, 0.1) is 6.92 Å². The number of nitrogens with zero attached hydrogens (tertiary/aromatic N) is 4. The number of hydrogen-bond donors (Lipinski definition) is 0. The third kappa shape index (κ3) is 7.04. The van der Waals surface area contributed by atoms with Gasteiger partial charge in [-0.25, -0.2) is 17.7 Å². The van der Waals surface area contributed by atoms with E-state index in [1.807, 2.05) is 26.0 Å². The van der Waals surface area contributed by atoms with Crippen molar-refractivity contribution >= 4 is 55.0 Å². The number of anilines is 1. The number of aromatic nitrogens is 1. The molecule has 10 heteroatoms. The van der Waals surface area contributed by atoms with Crippen LogP contribution in [0.4, 0.5) is 5.13 Å². The summed E-state index contributed by atoms with van der Waals surface area (Å²) in [5.74, 6) is -0.184. The van der Waals surface area contributed by atoms with Gasteiger partial charge < -0.3 is 4.90 Å². The number of hydrogen-bond acceptors (Lipinski definition) is 6. The van der Waals surface area contributed by atoms with Crippen molar-refractivity contribution in [3.05, 3.63) is 53.6 Å². The molecule has 0 saturated heterocycles. The molecule has 0 aliphatic carbocycles. The molecule has 3 aromatic rings. The molecule has 1 aromatic heterocycles. The van der Waals surface area contributed by atoms with E-state index in [1.54, 1.807) is 24.1 Å². The minimum atomic E-state index is -3.58. The van der Waals surface area contributed by atoms with Crippen LogP contribution in [0.25, 0.3) is 10.2 Å². The second-order valence-electron chi connectivity index (χ2n) is 8.66. The molecule has 7 nitrogen and oxygen atoms in total. The molecule has 2 aromatic carbocycles.